The smallest absolute Gasteiger partial charge is 0.325 e. The van der Waals surface area contributed by atoms with Crippen molar-refractivity contribution in [3.05, 3.63) is 69.8 Å². The SMILES string of the molecule is C\C(F)=C/C(Cl)=C\C=C\[C@@]1(C#N)[C@H](CC2(CO)CC2)N2[C@@H](C(=O)OC2(C)C)[C@@H]1c1cccc(Cl)c1F. The van der Waals surface area contributed by atoms with E-state index in [0.717, 1.165) is 18.9 Å². The van der Waals surface area contributed by atoms with E-state index in [1.165, 1.54) is 31.2 Å². The lowest BCUT2D eigenvalue weighted by Gasteiger charge is -2.39. The highest BCUT2D eigenvalue weighted by Crippen LogP contribution is 2.62. The summed E-state index contributed by atoms with van der Waals surface area (Å²) < 4.78 is 34.5. The van der Waals surface area contributed by atoms with Gasteiger partial charge in [-0.15, -0.1) is 0 Å². The highest BCUT2D eigenvalue weighted by molar-refractivity contribution is 6.31. The van der Waals surface area contributed by atoms with Crippen LogP contribution in [0, 0.1) is 28.0 Å². The molecule has 0 amide bonds. The van der Waals surface area contributed by atoms with E-state index in [9.17, 15) is 19.6 Å². The van der Waals surface area contributed by atoms with Gasteiger partial charge in [-0.25, -0.2) is 13.7 Å². The molecule has 0 bridgehead atoms. The molecule has 5 nitrogen and oxygen atoms in total. The summed E-state index contributed by atoms with van der Waals surface area (Å²) in [6, 6.07) is 5.37. The maximum absolute atomic E-state index is 15.5. The van der Waals surface area contributed by atoms with Crippen LogP contribution in [0.3, 0.4) is 0 Å². The van der Waals surface area contributed by atoms with Crippen LogP contribution in [0.2, 0.25) is 5.02 Å². The summed E-state index contributed by atoms with van der Waals surface area (Å²) in [5.41, 5.74) is -2.75. The Morgan fingerprint density at radius 3 is 2.67 bits per heavy atom. The van der Waals surface area contributed by atoms with E-state index in [4.69, 9.17) is 27.9 Å². The van der Waals surface area contributed by atoms with Gasteiger partial charge in [-0.3, -0.25) is 4.79 Å². The molecule has 9 heteroatoms. The first kappa shape index (κ1) is 26.8. The second kappa shape index (κ2) is 9.57. The van der Waals surface area contributed by atoms with E-state index in [0.29, 0.717) is 6.42 Å². The number of carbonyl (C=O) groups is 1. The quantitative estimate of drug-likeness (QED) is 0.335. The summed E-state index contributed by atoms with van der Waals surface area (Å²) in [6.45, 7) is 4.67. The number of nitrogens with zero attached hydrogens (tertiary/aromatic N) is 2. The lowest BCUT2D eigenvalue weighted by molar-refractivity contribution is -0.152. The summed E-state index contributed by atoms with van der Waals surface area (Å²) in [5, 5.41) is 20.9. The maximum atomic E-state index is 15.5. The third kappa shape index (κ3) is 4.50. The second-order valence-electron chi connectivity index (χ2n) is 10.4. The van der Waals surface area contributed by atoms with Crippen molar-refractivity contribution in [3.8, 4) is 6.07 Å². The van der Waals surface area contributed by atoms with Crippen LogP contribution in [-0.4, -0.2) is 40.4 Å². The molecule has 3 fully saturated rings. The van der Waals surface area contributed by atoms with E-state index in [1.807, 2.05) is 4.90 Å². The molecule has 0 aromatic heterocycles. The van der Waals surface area contributed by atoms with Crippen LogP contribution >= 0.6 is 23.2 Å². The van der Waals surface area contributed by atoms with Gasteiger partial charge >= 0.3 is 5.97 Å². The maximum Gasteiger partial charge on any atom is 0.325 e. The Bertz CT molecular complexity index is 1200. The van der Waals surface area contributed by atoms with Crippen molar-refractivity contribution < 1.29 is 23.4 Å². The number of aliphatic hydroxyl groups excluding tert-OH is 1. The molecule has 2 aliphatic heterocycles. The van der Waals surface area contributed by atoms with Crippen LogP contribution in [0.1, 0.15) is 51.5 Å². The van der Waals surface area contributed by atoms with Crippen molar-refractivity contribution in [2.24, 2.45) is 10.8 Å². The van der Waals surface area contributed by atoms with Crippen LogP contribution in [0.15, 0.2) is 53.4 Å². The van der Waals surface area contributed by atoms with Gasteiger partial charge < -0.3 is 9.84 Å². The van der Waals surface area contributed by atoms with Crippen molar-refractivity contribution in [1.82, 2.24) is 4.90 Å². The summed E-state index contributed by atoms with van der Waals surface area (Å²) in [7, 11) is 0. The van der Waals surface area contributed by atoms with Crippen LogP contribution in [0.5, 0.6) is 0 Å². The van der Waals surface area contributed by atoms with Gasteiger partial charge in [0.25, 0.3) is 0 Å². The molecule has 1 aromatic rings. The lowest BCUT2D eigenvalue weighted by Crippen LogP contribution is -2.50. The number of rotatable bonds is 7. The van der Waals surface area contributed by atoms with Crippen molar-refractivity contribution in [3.63, 3.8) is 0 Å². The van der Waals surface area contributed by atoms with E-state index in [2.05, 4.69) is 6.07 Å². The highest BCUT2D eigenvalue weighted by atomic mass is 35.5. The summed E-state index contributed by atoms with van der Waals surface area (Å²) in [6.07, 6.45) is 7.68. The minimum Gasteiger partial charge on any atom is -0.443 e. The standard InChI is InChI=1S/C27H28Cl2F2N2O3/c1-16(30)12-17(28)6-5-9-27(14-32)20(13-26(15-34)10-11-26)33-23(24(35)36-25(33,2)3)21(27)18-7-4-8-19(29)22(18)31/h4-9,12,20-21,23,34H,10-11,13,15H2,1-3H3/b9-5+,16-12+,17-6+/t20-,21-,23+,27+/m0/s1. The lowest BCUT2D eigenvalue weighted by atomic mass is 9.67. The van der Waals surface area contributed by atoms with E-state index in [-0.39, 0.29) is 22.2 Å². The zero-order valence-corrected chi connectivity index (χ0v) is 21.8. The van der Waals surface area contributed by atoms with Crippen LogP contribution in [0.4, 0.5) is 8.78 Å². The van der Waals surface area contributed by atoms with Crippen molar-refractivity contribution in [1.29, 1.82) is 5.26 Å². The summed E-state index contributed by atoms with van der Waals surface area (Å²) in [5.74, 6) is -2.71. The Kier molecular flexibility index (Phi) is 7.13. The zero-order valence-electron chi connectivity index (χ0n) is 20.3. The molecule has 4 rings (SSSR count). The minimum absolute atomic E-state index is 0.0645. The number of ether oxygens (including phenoxy) is 1. The first-order chi connectivity index (χ1) is 16.9. The highest BCUT2D eigenvalue weighted by Gasteiger charge is 2.70. The molecular weight excluding hydrogens is 509 g/mol. The number of halogens is 4. The molecule has 0 spiro atoms. The molecule has 192 valence electrons. The van der Waals surface area contributed by atoms with Gasteiger partial charge in [-0.05, 0) is 69.2 Å². The van der Waals surface area contributed by atoms with Crippen LogP contribution in [-0.2, 0) is 9.53 Å². The number of allylic oxidation sites excluding steroid dienone is 5. The summed E-state index contributed by atoms with van der Waals surface area (Å²) >= 11 is 12.2. The predicted octanol–water partition coefficient (Wildman–Crippen LogP) is 6.13. The zero-order chi connectivity index (χ0) is 26.5. The largest absolute Gasteiger partial charge is 0.443 e. The van der Waals surface area contributed by atoms with Gasteiger partial charge in [0.15, 0.2) is 5.72 Å². The number of nitriles is 1. The van der Waals surface area contributed by atoms with Gasteiger partial charge in [-0.2, -0.15) is 5.26 Å². The molecule has 1 saturated carbocycles. The van der Waals surface area contributed by atoms with Crippen molar-refractivity contribution in [2.75, 3.05) is 6.61 Å². The molecule has 1 aromatic carbocycles. The third-order valence-electron chi connectivity index (χ3n) is 7.62. The van der Waals surface area contributed by atoms with E-state index < -0.39 is 52.2 Å². The Balaban J connectivity index is 1.95. The normalized spacial score (nSPS) is 31.4. The molecule has 1 N–H and O–H groups in total. The van der Waals surface area contributed by atoms with Gasteiger partial charge in [0, 0.05) is 23.6 Å². The van der Waals surface area contributed by atoms with E-state index in [1.54, 1.807) is 26.0 Å². The number of fused-ring (bicyclic) bond motifs is 1. The molecule has 0 unspecified atom stereocenters. The molecule has 2 saturated heterocycles. The molecule has 36 heavy (non-hydrogen) atoms. The average molecular weight is 537 g/mol. The van der Waals surface area contributed by atoms with Gasteiger partial charge in [-0.1, -0.05) is 47.5 Å². The van der Waals surface area contributed by atoms with Gasteiger partial charge in [0.2, 0.25) is 0 Å². The average Bonchev–Trinajstić information content (AvgIpc) is 3.45. The van der Waals surface area contributed by atoms with Crippen molar-refractivity contribution in [2.45, 2.75) is 63.8 Å². The predicted molar refractivity (Wildman–Crippen MR) is 133 cm³/mol. The fourth-order valence-corrected chi connectivity index (χ4v) is 6.18. The number of cyclic esters (lactones) is 1. The Labute approximate surface area is 219 Å². The fourth-order valence-electron chi connectivity index (χ4n) is 5.77. The Morgan fingerprint density at radius 1 is 1.39 bits per heavy atom. The molecule has 0 radical (unpaired) electrons. The van der Waals surface area contributed by atoms with Gasteiger partial charge in [0.05, 0.1) is 16.9 Å². The number of benzene rings is 1. The Hall–Kier alpha value is -2.24. The third-order valence-corrected chi connectivity index (χ3v) is 8.15. The monoisotopic (exact) mass is 536 g/mol. The number of hydrogen-bond acceptors (Lipinski definition) is 5. The first-order valence-corrected chi connectivity index (χ1v) is 12.5. The number of hydrogen-bond donors (Lipinski definition) is 1. The topological polar surface area (TPSA) is 73.6 Å². The first-order valence-electron chi connectivity index (χ1n) is 11.8. The molecule has 1 aliphatic carbocycles. The number of aliphatic hydroxyl groups is 1. The molecule has 2 heterocycles. The van der Waals surface area contributed by atoms with Crippen molar-refractivity contribution >= 4 is 29.2 Å². The number of esters is 1. The van der Waals surface area contributed by atoms with E-state index >= 15 is 4.39 Å². The fraction of sp³-hybridized carbons (Fsp3) is 0.481. The van der Waals surface area contributed by atoms with Crippen LogP contribution in [0.25, 0.3) is 0 Å². The summed E-state index contributed by atoms with van der Waals surface area (Å²) in [4.78, 5) is 15.1. The Morgan fingerprint density at radius 2 is 2.08 bits per heavy atom. The van der Waals surface area contributed by atoms with Gasteiger partial charge in [0.1, 0.15) is 17.3 Å². The molecular formula is C27H28Cl2F2N2O3. The minimum atomic E-state index is -1.42. The second-order valence-corrected chi connectivity index (χ2v) is 11.2. The molecule has 4 atom stereocenters. The van der Waals surface area contributed by atoms with Crippen LogP contribution < -0.4 is 0 Å². The molecule has 3 aliphatic rings. The number of carbonyl (C=O) groups excluding carboxylic acids is 1.